The number of likely N-dealkylation sites (tertiary alicyclic amines) is 1. The van der Waals surface area contributed by atoms with E-state index in [1.807, 2.05) is 47.5 Å². The number of hydrogen-bond donors (Lipinski definition) is 3. The van der Waals surface area contributed by atoms with Gasteiger partial charge in [-0.25, -0.2) is 9.97 Å². The van der Waals surface area contributed by atoms with Gasteiger partial charge >= 0.3 is 0 Å². The molecule has 2 saturated heterocycles. The second-order valence-electron chi connectivity index (χ2n) is 12.1. The Morgan fingerprint density at radius 1 is 1.22 bits per heavy atom. The number of aryl methyl sites for hydroxylation is 1. The molecule has 6 rings (SSSR count). The molecule has 2 fully saturated rings. The molecule has 2 aliphatic rings. The van der Waals surface area contributed by atoms with Crippen LogP contribution in [0.2, 0.25) is 0 Å². The van der Waals surface area contributed by atoms with Crippen molar-refractivity contribution in [1.29, 1.82) is 0 Å². The molecule has 5 atom stereocenters. The maximum absolute atomic E-state index is 14.0. The van der Waals surface area contributed by atoms with Crippen molar-refractivity contribution in [2.24, 2.45) is 0 Å². The fourth-order valence-electron chi connectivity index (χ4n) is 6.39. The van der Waals surface area contributed by atoms with Gasteiger partial charge < -0.3 is 29.8 Å². The van der Waals surface area contributed by atoms with E-state index in [4.69, 9.17) is 9.15 Å². The lowest BCUT2D eigenvalue weighted by Gasteiger charge is -2.29. The van der Waals surface area contributed by atoms with E-state index in [0.717, 1.165) is 35.5 Å². The van der Waals surface area contributed by atoms with Crippen LogP contribution in [-0.4, -0.2) is 75.8 Å². The van der Waals surface area contributed by atoms with E-state index < -0.39 is 18.1 Å². The summed E-state index contributed by atoms with van der Waals surface area (Å²) in [6.45, 7) is 5.95. The summed E-state index contributed by atoms with van der Waals surface area (Å²) in [6.07, 6.45) is 5.85. The van der Waals surface area contributed by atoms with Crippen molar-refractivity contribution in [2.75, 3.05) is 19.7 Å². The van der Waals surface area contributed by atoms with Gasteiger partial charge in [-0.3, -0.25) is 9.59 Å². The second kappa shape index (κ2) is 14.7. The number of rotatable bonds is 12. The number of ether oxygens (including phenoxy) is 1. The smallest absolute Gasteiger partial charge is 0.254 e. The molecule has 0 saturated carbocycles. The fourth-order valence-corrected chi connectivity index (χ4v) is 7.33. The van der Waals surface area contributed by atoms with Crippen LogP contribution in [0, 0.1) is 6.92 Å². The molecular formula is C35H41N5O5S. The summed E-state index contributed by atoms with van der Waals surface area (Å²) in [6, 6.07) is 13.9. The highest BCUT2D eigenvalue weighted by atomic mass is 32.1. The van der Waals surface area contributed by atoms with E-state index in [1.165, 1.54) is 12.5 Å². The van der Waals surface area contributed by atoms with Crippen LogP contribution >= 0.6 is 11.3 Å². The van der Waals surface area contributed by atoms with E-state index in [2.05, 4.69) is 27.5 Å². The molecule has 46 heavy (non-hydrogen) atoms. The van der Waals surface area contributed by atoms with Crippen LogP contribution in [0.15, 0.2) is 70.8 Å². The SMILES string of the molecule is CCCO[C@H]1CN[C@@H]([C@@H](O)[C@H](Cc2ccccc2)NC(=O)c2cc(C(=O)N3CCCC3c3nc(C)cs3)cc(-c3ncco3)c2)C1. The van der Waals surface area contributed by atoms with Crippen molar-refractivity contribution in [2.45, 2.75) is 76.3 Å². The zero-order valence-corrected chi connectivity index (χ0v) is 27.0. The number of aromatic nitrogens is 2. The predicted molar refractivity (Wildman–Crippen MR) is 176 cm³/mol. The number of aliphatic hydroxyl groups excluding tert-OH is 1. The zero-order valence-electron chi connectivity index (χ0n) is 26.2. The molecule has 4 heterocycles. The number of nitrogens with zero attached hydrogens (tertiary/aromatic N) is 3. The highest BCUT2D eigenvalue weighted by Crippen LogP contribution is 2.35. The van der Waals surface area contributed by atoms with Crippen LogP contribution < -0.4 is 10.6 Å². The summed E-state index contributed by atoms with van der Waals surface area (Å²) in [5, 5.41) is 21.0. The number of nitrogens with one attached hydrogen (secondary N) is 2. The van der Waals surface area contributed by atoms with Gasteiger partial charge in [0.2, 0.25) is 5.89 Å². The Morgan fingerprint density at radius 3 is 2.78 bits per heavy atom. The van der Waals surface area contributed by atoms with E-state index >= 15 is 0 Å². The predicted octanol–water partition coefficient (Wildman–Crippen LogP) is 4.94. The maximum atomic E-state index is 14.0. The second-order valence-corrected chi connectivity index (χ2v) is 13.0. The van der Waals surface area contributed by atoms with Gasteiger partial charge in [0.1, 0.15) is 11.3 Å². The van der Waals surface area contributed by atoms with Gasteiger partial charge in [-0.1, -0.05) is 37.3 Å². The first kappa shape index (κ1) is 32.1. The van der Waals surface area contributed by atoms with Crippen molar-refractivity contribution in [1.82, 2.24) is 25.5 Å². The first-order valence-corrected chi connectivity index (χ1v) is 16.9. The number of oxazole rings is 1. The maximum Gasteiger partial charge on any atom is 0.254 e. The van der Waals surface area contributed by atoms with Crippen molar-refractivity contribution in [3.8, 4) is 11.5 Å². The molecule has 4 aromatic rings. The number of thiazole rings is 1. The van der Waals surface area contributed by atoms with Crippen LogP contribution in [-0.2, 0) is 11.2 Å². The quantitative estimate of drug-likeness (QED) is 0.198. The lowest BCUT2D eigenvalue weighted by molar-refractivity contribution is 0.0514. The van der Waals surface area contributed by atoms with Gasteiger partial charge in [-0.15, -0.1) is 11.3 Å². The van der Waals surface area contributed by atoms with Crippen LogP contribution in [0.5, 0.6) is 0 Å². The first-order chi connectivity index (χ1) is 22.4. The van der Waals surface area contributed by atoms with Crippen LogP contribution in [0.4, 0.5) is 0 Å². The number of hydrogen-bond acceptors (Lipinski definition) is 9. The molecule has 3 N–H and O–H groups in total. The first-order valence-electron chi connectivity index (χ1n) is 16.1. The van der Waals surface area contributed by atoms with Gasteiger partial charge in [0.25, 0.3) is 11.8 Å². The Bertz CT molecular complexity index is 1610. The summed E-state index contributed by atoms with van der Waals surface area (Å²) in [4.78, 5) is 38.9. The largest absolute Gasteiger partial charge is 0.445 e. The summed E-state index contributed by atoms with van der Waals surface area (Å²) in [5.41, 5.74) is 3.11. The third-order valence-corrected chi connectivity index (χ3v) is 9.74. The molecule has 10 nitrogen and oxygen atoms in total. The van der Waals surface area contributed by atoms with Crippen molar-refractivity contribution < 1.29 is 23.8 Å². The van der Waals surface area contributed by atoms with Gasteiger partial charge in [0.05, 0.1) is 30.5 Å². The number of carbonyl (C=O) groups is 2. The summed E-state index contributed by atoms with van der Waals surface area (Å²) >= 11 is 1.57. The summed E-state index contributed by atoms with van der Waals surface area (Å²) < 4.78 is 11.5. The Hall–Kier alpha value is -3.90. The summed E-state index contributed by atoms with van der Waals surface area (Å²) in [5.74, 6) is -0.258. The third-order valence-electron chi connectivity index (χ3n) is 8.68. The molecule has 2 aromatic carbocycles. The van der Waals surface area contributed by atoms with Crippen LogP contribution in [0.1, 0.15) is 75.6 Å². The normalized spacial score (nSPS) is 20.9. The average Bonchev–Trinajstić information content (AvgIpc) is 3.91. The molecule has 0 spiro atoms. The molecule has 1 unspecified atom stereocenters. The minimum absolute atomic E-state index is 0.0152. The minimum atomic E-state index is -0.873. The minimum Gasteiger partial charge on any atom is -0.445 e. The van der Waals surface area contributed by atoms with Crippen LogP contribution in [0.3, 0.4) is 0 Å². The molecule has 0 aliphatic carbocycles. The van der Waals surface area contributed by atoms with Gasteiger partial charge in [-0.2, -0.15) is 0 Å². The van der Waals surface area contributed by atoms with E-state index in [1.54, 1.807) is 29.5 Å². The van der Waals surface area contributed by atoms with Crippen molar-refractivity contribution in [3.63, 3.8) is 0 Å². The van der Waals surface area contributed by atoms with E-state index in [0.29, 0.717) is 49.6 Å². The van der Waals surface area contributed by atoms with E-state index in [9.17, 15) is 14.7 Å². The van der Waals surface area contributed by atoms with E-state index in [-0.39, 0.29) is 29.7 Å². The Morgan fingerprint density at radius 2 is 2.04 bits per heavy atom. The lowest BCUT2D eigenvalue weighted by Crippen LogP contribution is -2.52. The zero-order chi connectivity index (χ0) is 32.0. The fraction of sp³-hybridized carbons (Fsp3) is 0.429. The molecular weight excluding hydrogens is 602 g/mol. The Labute approximate surface area is 273 Å². The number of benzene rings is 2. The van der Waals surface area contributed by atoms with Gasteiger partial charge in [0, 0.05) is 53.5 Å². The Kier molecular flexibility index (Phi) is 10.2. The molecule has 2 aromatic heterocycles. The number of carbonyl (C=O) groups excluding carboxylic acids is 2. The molecule has 2 aliphatic heterocycles. The third kappa shape index (κ3) is 7.39. The molecule has 0 bridgehead atoms. The standard InChI is InChI=1S/C35H41N5O5S/c1-3-13-44-27-19-28(37-20-27)31(41)29(15-23-8-5-4-6-9-23)39-32(42)24-16-25(33-36-11-14-45-33)18-26(17-24)35(43)40-12-7-10-30(40)34-38-22(2)21-46-34/h4-6,8-9,11,14,16-18,21,27-31,37,41H,3,7,10,12-13,15,19-20H2,1-2H3,(H,39,42)/t27-,28-,29+,30?,31-/m1/s1. The highest BCUT2D eigenvalue weighted by Gasteiger charge is 2.36. The lowest BCUT2D eigenvalue weighted by atomic mass is 9.94. The number of amides is 2. The van der Waals surface area contributed by atoms with Gasteiger partial charge in [-0.05, 0) is 62.8 Å². The highest BCUT2D eigenvalue weighted by molar-refractivity contribution is 7.09. The Balaban J connectivity index is 1.27. The summed E-state index contributed by atoms with van der Waals surface area (Å²) in [7, 11) is 0. The average molecular weight is 644 g/mol. The van der Waals surface area contributed by atoms with Gasteiger partial charge in [0.15, 0.2) is 0 Å². The monoisotopic (exact) mass is 643 g/mol. The molecule has 11 heteroatoms. The molecule has 0 radical (unpaired) electrons. The van der Waals surface area contributed by atoms with Crippen molar-refractivity contribution >= 4 is 23.2 Å². The molecule has 242 valence electrons. The van der Waals surface area contributed by atoms with Crippen molar-refractivity contribution in [3.05, 3.63) is 93.8 Å². The molecule has 2 amide bonds. The topological polar surface area (TPSA) is 130 Å². The number of aliphatic hydroxyl groups is 1. The van der Waals surface area contributed by atoms with Crippen LogP contribution in [0.25, 0.3) is 11.5 Å².